The van der Waals surface area contributed by atoms with Gasteiger partial charge in [0.05, 0.1) is 7.11 Å². The maximum Gasteiger partial charge on any atom is 0.255 e. The second-order valence-corrected chi connectivity index (χ2v) is 4.66. The van der Waals surface area contributed by atoms with Crippen LogP contribution in [0.5, 0.6) is 11.5 Å². The van der Waals surface area contributed by atoms with E-state index in [1.54, 1.807) is 12.1 Å². The lowest BCUT2D eigenvalue weighted by molar-refractivity contribution is -0.119. The molecule has 0 saturated carbocycles. The molecule has 106 valence electrons. The third kappa shape index (κ3) is 4.61. The molecule has 0 aromatic heterocycles. The van der Waals surface area contributed by atoms with Crippen molar-refractivity contribution in [2.45, 2.75) is 25.8 Å². The van der Waals surface area contributed by atoms with Gasteiger partial charge in [-0.1, -0.05) is 18.5 Å². The Labute approximate surface area is 117 Å². The van der Waals surface area contributed by atoms with E-state index >= 15 is 0 Å². The Bertz CT molecular complexity index is 452. The van der Waals surface area contributed by atoms with Gasteiger partial charge in [0.2, 0.25) is 0 Å². The second kappa shape index (κ2) is 7.21. The number of amides is 1. The van der Waals surface area contributed by atoms with Crippen LogP contribution < -0.4 is 20.9 Å². The summed E-state index contributed by atoms with van der Waals surface area (Å²) < 4.78 is 10.6. The van der Waals surface area contributed by atoms with E-state index in [1.165, 1.54) is 7.11 Å². The van der Waals surface area contributed by atoms with Gasteiger partial charge in [0.15, 0.2) is 18.1 Å². The molecule has 4 N–H and O–H groups in total. The van der Waals surface area contributed by atoms with Crippen LogP contribution in [-0.2, 0) is 11.2 Å². The normalized spacial score (nSPS) is 12.0. The maximum absolute atomic E-state index is 10.8. The van der Waals surface area contributed by atoms with Crippen LogP contribution in [0, 0.1) is 0 Å². The Morgan fingerprint density at radius 1 is 1.47 bits per heavy atom. The van der Waals surface area contributed by atoms with E-state index in [4.69, 9.17) is 32.5 Å². The zero-order valence-corrected chi connectivity index (χ0v) is 11.9. The Morgan fingerprint density at radius 3 is 2.68 bits per heavy atom. The summed E-state index contributed by atoms with van der Waals surface area (Å²) in [6.07, 6.45) is 1.41. The van der Waals surface area contributed by atoms with Gasteiger partial charge in [-0.15, -0.1) is 0 Å². The average molecular weight is 287 g/mol. The Morgan fingerprint density at radius 2 is 2.16 bits per heavy atom. The molecule has 0 aliphatic heterocycles. The first-order valence-electron chi connectivity index (χ1n) is 6.01. The topological polar surface area (TPSA) is 87.6 Å². The van der Waals surface area contributed by atoms with E-state index < -0.39 is 5.91 Å². The van der Waals surface area contributed by atoms with Gasteiger partial charge < -0.3 is 20.9 Å². The van der Waals surface area contributed by atoms with Crippen LogP contribution >= 0.6 is 11.6 Å². The molecule has 0 aliphatic carbocycles. The molecule has 0 spiro atoms. The van der Waals surface area contributed by atoms with Crippen LogP contribution in [0.1, 0.15) is 18.9 Å². The maximum atomic E-state index is 10.8. The molecule has 1 amide bonds. The van der Waals surface area contributed by atoms with E-state index in [0.29, 0.717) is 22.9 Å². The number of carbonyl (C=O) groups is 1. The lowest BCUT2D eigenvalue weighted by Crippen LogP contribution is -2.23. The Balaban J connectivity index is 3.09. The zero-order valence-electron chi connectivity index (χ0n) is 11.1. The summed E-state index contributed by atoms with van der Waals surface area (Å²) in [5.41, 5.74) is 11.8. The highest BCUT2D eigenvalue weighted by molar-refractivity contribution is 6.30. The van der Waals surface area contributed by atoms with Crippen LogP contribution in [0.25, 0.3) is 0 Å². The first-order chi connectivity index (χ1) is 8.97. The van der Waals surface area contributed by atoms with Crippen LogP contribution in [0.2, 0.25) is 5.02 Å². The molecule has 0 heterocycles. The molecule has 0 radical (unpaired) electrons. The van der Waals surface area contributed by atoms with Crippen LogP contribution in [0.3, 0.4) is 0 Å². The minimum absolute atomic E-state index is 0.0147. The number of hydrogen-bond donors (Lipinski definition) is 2. The van der Waals surface area contributed by atoms with E-state index in [1.807, 2.05) is 6.92 Å². The highest BCUT2D eigenvalue weighted by Crippen LogP contribution is 2.35. The molecule has 0 saturated heterocycles. The molecule has 0 aliphatic rings. The third-order valence-corrected chi connectivity index (χ3v) is 2.90. The monoisotopic (exact) mass is 286 g/mol. The van der Waals surface area contributed by atoms with Crippen LogP contribution in [0.4, 0.5) is 0 Å². The first-order valence-corrected chi connectivity index (χ1v) is 6.38. The molecule has 1 unspecified atom stereocenters. The van der Waals surface area contributed by atoms with Crippen molar-refractivity contribution < 1.29 is 14.3 Å². The number of carbonyl (C=O) groups excluding carboxylic acids is 1. The molecular formula is C13H19ClN2O3. The van der Waals surface area contributed by atoms with Crippen molar-refractivity contribution in [3.8, 4) is 11.5 Å². The first kappa shape index (κ1) is 15.6. The molecule has 1 aromatic rings. The number of rotatable bonds is 7. The quantitative estimate of drug-likeness (QED) is 0.795. The average Bonchev–Trinajstić information content (AvgIpc) is 2.36. The minimum Gasteiger partial charge on any atom is -0.493 e. The van der Waals surface area contributed by atoms with Crippen molar-refractivity contribution in [3.05, 3.63) is 22.7 Å². The number of hydrogen-bond acceptors (Lipinski definition) is 4. The Kier molecular flexibility index (Phi) is 5.92. The summed E-state index contributed by atoms with van der Waals surface area (Å²) >= 11 is 6.02. The Hall–Kier alpha value is -1.46. The summed E-state index contributed by atoms with van der Waals surface area (Å²) in [5.74, 6) is 0.379. The van der Waals surface area contributed by atoms with Gasteiger partial charge in [-0.2, -0.15) is 0 Å². The molecule has 1 atom stereocenters. The lowest BCUT2D eigenvalue weighted by Gasteiger charge is -2.17. The lowest BCUT2D eigenvalue weighted by atomic mass is 10.0. The number of methoxy groups -OCH3 is 1. The van der Waals surface area contributed by atoms with Gasteiger partial charge in [0, 0.05) is 22.7 Å². The van der Waals surface area contributed by atoms with E-state index in [2.05, 4.69) is 0 Å². The summed E-state index contributed by atoms with van der Waals surface area (Å²) in [6.45, 7) is 1.78. The summed E-state index contributed by atoms with van der Waals surface area (Å²) in [5, 5.41) is 0.529. The fourth-order valence-electron chi connectivity index (χ4n) is 1.66. The number of ether oxygens (including phenoxy) is 2. The number of primary amides is 1. The molecule has 5 nitrogen and oxygen atoms in total. The van der Waals surface area contributed by atoms with E-state index in [-0.39, 0.29) is 12.6 Å². The van der Waals surface area contributed by atoms with E-state index in [9.17, 15) is 4.79 Å². The highest BCUT2D eigenvalue weighted by Gasteiger charge is 2.15. The summed E-state index contributed by atoms with van der Waals surface area (Å²) in [6, 6.07) is 3.37. The number of halogens is 1. The van der Waals surface area contributed by atoms with Crippen molar-refractivity contribution in [1.82, 2.24) is 0 Å². The van der Waals surface area contributed by atoms with Crippen molar-refractivity contribution >= 4 is 17.5 Å². The van der Waals surface area contributed by atoms with Crippen molar-refractivity contribution in [2.75, 3.05) is 13.7 Å². The smallest absolute Gasteiger partial charge is 0.255 e. The summed E-state index contributed by atoms with van der Waals surface area (Å²) in [7, 11) is 1.51. The molecule has 0 bridgehead atoms. The van der Waals surface area contributed by atoms with Crippen molar-refractivity contribution in [3.63, 3.8) is 0 Å². The molecule has 1 aromatic carbocycles. The largest absolute Gasteiger partial charge is 0.493 e. The van der Waals surface area contributed by atoms with Gasteiger partial charge in [0.25, 0.3) is 5.91 Å². The van der Waals surface area contributed by atoms with Gasteiger partial charge in [-0.25, -0.2) is 0 Å². The molecule has 19 heavy (non-hydrogen) atoms. The van der Waals surface area contributed by atoms with Crippen LogP contribution in [-0.4, -0.2) is 25.7 Å². The molecule has 6 heteroatoms. The highest BCUT2D eigenvalue weighted by atomic mass is 35.5. The van der Waals surface area contributed by atoms with Gasteiger partial charge >= 0.3 is 0 Å². The predicted molar refractivity (Wildman–Crippen MR) is 74.7 cm³/mol. The zero-order chi connectivity index (χ0) is 14.4. The van der Waals surface area contributed by atoms with Crippen LogP contribution in [0.15, 0.2) is 12.1 Å². The van der Waals surface area contributed by atoms with Gasteiger partial charge in [0.1, 0.15) is 0 Å². The van der Waals surface area contributed by atoms with Gasteiger partial charge in [-0.3, -0.25) is 4.79 Å². The predicted octanol–water partition coefficient (Wildman–Crippen LogP) is 1.49. The number of nitrogens with two attached hydrogens (primary N) is 2. The fraction of sp³-hybridized carbons (Fsp3) is 0.462. The number of benzene rings is 1. The third-order valence-electron chi connectivity index (χ3n) is 2.68. The van der Waals surface area contributed by atoms with Gasteiger partial charge in [-0.05, 0) is 18.9 Å². The van der Waals surface area contributed by atoms with E-state index in [0.717, 1.165) is 12.0 Å². The molecule has 0 fully saturated rings. The molecule has 1 rings (SSSR count). The SMILES string of the molecule is CCC(N)Cc1cc(Cl)cc(OC)c1OCC(N)=O. The molecular weight excluding hydrogens is 268 g/mol. The standard InChI is InChI=1S/C13H19ClN2O3/c1-3-10(15)5-8-4-9(14)6-11(18-2)13(8)19-7-12(16)17/h4,6,10H,3,5,7,15H2,1-2H3,(H2,16,17). The van der Waals surface area contributed by atoms with Crippen molar-refractivity contribution in [2.24, 2.45) is 11.5 Å². The second-order valence-electron chi connectivity index (χ2n) is 4.22. The van der Waals surface area contributed by atoms with Crippen molar-refractivity contribution in [1.29, 1.82) is 0 Å². The summed E-state index contributed by atoms with van der Waals surface area (Å²) in [4.78, 5) is 10.8. The fourth-order valence-corrected chi connectivity index (χ4v) is 1.89. The minimum atomic E-state index is -0.553.